The Kier molecular flexibility index (Phi) is 6.83. The van der Waals surface area contributed by atoms with Crippen LogP contribution in [0.3, 0.4) is 0 Å². The van der Waals surface area contributed by atoms with E-state index >= 15 is 0 Å². The van der Waals surface area contributed by atoms with Crippen LogP contribution in [0.15, 0.2) is 12.1 Å². The van der Waals surface area contributed by atoms with Crippen LogP contribution in [0.1, 0.15) is 92.2 Å². The van der Waals surface area contributed by atoms with E-state index in [0.29, 0.717) is 42.8 Å². The minimum atomic E-state index is -0.656. The van der Waals surface area contributed by atoms with Gasteiger partial charge in [-0.1, -0.05) is 13.0 Å². The molecular formula is C34H44N6O4. The molecule has 44 heavy (non-hydrogen) atoms. The van der Waals surface area contributed by atoms with Crippen LogP contribution in [-0.4, -0.2) is 78.6 Å². The van der Waals surface area contributed by atoms with Crippen molar-refractivity contribution in [3.05, 3.63) is 40.1 Å². The Balaban J connectivity index is 1.18. The monoisotopic (exact) mass is 600 g/mol. The second-order valence-corrected chi connectivity index (χ2v) is 14.2. The van der Waals surface area contributed by atoms with E-state index in [4.69, 9.17) is 34.6 Å². The van der Waals surface area contributed by atoms with Crippen LogP contribution in [0, 0.1) is 11.3 Å². The number of hydrogen-bond acceptors (Lipinski definition) is 10. The molecule has 234 valence electrons. The maximum Gasteiger partial charge on any atom is 0.318 e. The van der Waals surface area contributed by atoms with Crippen molar-refractivity contribution in [1.82, 2.24) is 14.9 Å². The number of nitrogens with two attached hydrogens (primary N) is 1. The number of anilines is 2. The van der Waals surface area contributed by atoms with Crippen molar-refractivity contribution in [3.8, 4) is 12.1 Å². The van der Waals surface area contributed by atoms with E-state index in [0.717, 1.165) is 106 Å². The van der Waals surface area contributed by atoms with Gasteiger partial charge < -0.3 is 29.6 Å². The molecule has 10 nitrogen and oxygen atoms in total. The molecule has 0 saturated carbocycles. The average Bonchev–Trinajstić information content (AvgIpc) is 3.59. The van der Waals surface area contributed by atoms with Gasteiger partial charge in [0.1, 0.15) is 24.1 Å². The molecular weight excluding hydrogens is 556 g/mol. The Bertz CT molecular complexity index is 1500. The Morgan fingerprint density at radius 3 is 2.84 bits per heavy atom. The zero-order valence-electron chi connectivity index (χ0n) is 26.1. The Labute approximate surface area is 259 Å². The Morgan fingerprint density at radius 1 is 1.16 bits per heavy atom. The molecule has 5 atom stereocenters. The first-order valence-electron chi connectivity index (χ1n) is 16.5. The molecule has 0 amide bonds. The fraction of sp³-hybridized carbons (Fsp3) is 0.676. The summed E-state index contributed by atoms with van der Waals surface area (Å²) in [4.78, 5) is 15.3. The SMILES string of the molecule is CO[C@H]1CN2CCC[C@@]2(COc2nc3c(c(N4CC[C@@]45CCCOC5)n2)CO[C@@]2(CC[C@H](C)c4ccc(N)c(C#N)c42)C3)C1. The van der Waals surface area contributed by atoms with Crippen molar-refractivity contribution < 1.29 is 18.9 Å². The smallest absolute Gasteiger partial charge is 0.318 e. The number of hydrogen-bond donors (Lipinski definition) is 1. The number of aromatic nitrogens is 2. The van der Waals surface area contributed by atoms with Crippen LogP contribution in [0.5, 0.6) is 6.01 Å². The second-order valence-electron chi connectivity index (χ2n) is 14.2. The molecule has 2 N–H and O–H groups in total. The van der Waals surface area contributed by atoms with Gasteiger partial charge >= 0.3 is 6.01 Å². The van der Waals surface area contributed by atoms with Gasteiger partial charge in [0, 0.05) is 50.0 Å². The number of benzene rings is 1. The van der Waals surface area contributed by atoms with Gasteiger partial charge in [0.2, 0.25) is 0 Å². The number of nitrogen functional groups attached to an aromatic ring is 1. The van der Waals surface area contributed by atoms with Crippen molar-refractivity contribution >= 4 is 11.5 Å². The number of nitrogens with zero attached hydrogens (tertiary/aromatic N) is 5. The third-order valence-electron chi connectivity index (χ3n) is 11.9. The highest BCUT2D eigenvalue weighted by Gasteiger charge is 2.52. The summed E-state index contributed by atoms with van der Waals surface area (Å²) in [5, 5.41) is 10.2. The van der Waals surface area contributed by atoms with Gasteiger partial charge in [0.05, 0.1) is 41.7 Å². The van der Waals surface area contributed by atoms with Crippen LogP contribution in [0.2, 0.25) is 0 Å². The van der Waals surface area contributed by atoms with Gasteiger partial charge in [-0.3, -0.25) is 4.90 Å². The predicted molar refractivity (Wildman–Crippen MR) is 165 cm³/mol. The van der Waals surface area contributed by atoms with E-state index < -0.39 is 5.60 Å². The Morgan fingerprint density at radius 2 is 2.07 bits per heavy atom. The third-order valence-corrected chi connectivity index (χ3v) is 11.9. The molecule has 2 aromatic rings. The molecule has 1 aromatic heterocycles. The summed E-state index contributed by atoms with van der Waals surface area (Å²) >= 11 is 0. The lowest BCUT2D eigenvalue weighted by atomic mass is 9.69. The van der Waals surface area contributed by atoms with E-state index in [1.807, 2.05) is 13.2 Å². The van der Waals surface area contributed by atoms with Crippen molar-refractivity contribution in [2.24, 2.45) is 0 Å². The number of nitriles is 1. The number of fused-ring (bicyclic) bond motifs is 4. The summed E-state index contributed by atoms with van der Waals surface area (Å²) in [5.74, 6) is 1.26. The fourth-order valence-electron chi connectivity index (χ4n) is 9.26. The van der Waals surface area contributed by atoms with Crippen molar-refractivity contribution in [1.29, 1.82) is 5.26 Å². The highest BCUT2D eigenvalue weighted by atomic mass is 16.5. The van der Waals surface area contributed by atoms with Gasteiger partial charge in [0.15, 0.2) is 0 Å². The molecule has 2 spiro atoms. The topological polar surface area (TPSA) is 119 Å². The lowest BCUT2D eigenvalue weighted by Gasteiger charge is -2.56. The van der Waals surface area contributed by atoms with Crippen LogP contribution in [0.4, 0.5) is 11.5 Å². The molecule has 0 bridgehead atoms. The van der Waals surface area contributed by atoms with Crippen molar-refractivity contribution in [2.75, 3.05) is 57.2 Å². The number of methoxy groups -OCH3 is 1. The maximum absolute atomic E-state index is 10.2. The largest absolute Gasteiger partial charge is 0.461 e. The summed E-state index contributed by atoms with van der Waals surface area (Å²) in [6, 6.07) is 6.81. The van der Waals surface area contributed by atoms with Crippen molar-refractivity contribution in [2.45, 2.75) is 100 Å². The normalized spacial score (nSPS) is 34.3. The molecule has 8 rings (SSSR count). The van der Waals surface area contributed by atoms with Gasteiger partial charge in [-0.05, 0) is 75.5 Å². The van der Waals surface area contributed by atoms with E-state index in [-0.39, 0.29) is 17.2 Å². The quantitative estimate of drug-likeness (QED) is 0.501. The summed E-state index contributed by atoms with van der Waals surface area (Å²) in [5.41, 5.74) is 10.8. The molecule has 4 saturated heterocycles. The van der Waals surface area contributed by atoms with E-state index in [1.54, 1.807) is 0 Å². The summed E-state index contributed by atoms with van der Waals surface area (Å²) in [6.45, 7) is 7.67. The van der Waals surface area contributed by atoms with E-state index in [9.17, 15) is 5.26 Å². The molecule has 1 aliphatic carbocycles. The third kappa shape index (κ3) is 4.27. The highest BCUT2D eigenvalue weighted by Crippen LogP contribution is 2.52. The molecule has 1 aromatic carbocycles. The minimum absolute atomic E-state index is 0.0276. The minimum Gasteiger partial charge on any atom is -0.461 e. The molecule has 10 heteroatoms. The van der Waals surface area contributed by atoms with Gasteiger partial charge in [0.25, 0.3) is 0 Å². The first kappa shape index (κ1) is 28.5. The number of rotatable bonds is 5. The average molecular weight is 601 g/mol. The summed E-state index contributed by atoms with van der Waals surface area (Å²) in [7, 11) is 1.81. The van der Waals surface area contributed by atoms with Crippen molar-refractivity contribution in [3.63, 3.8) is 0 Å². The van der Waals surface area contributed by atoms with Gasteiger partial charge in [-0.25, -0.2) is 0 Å². The predicted octanol–water partition coefficient (Wildman–Crippen LogP) is 4.19. The van der Waals surface area contributed by atoms with Gasteiger partial charge in [-0.2, -0.15) is 15.2 Å². The van der Waals surface area contributed by atoms with Gasteiger partial charge in [-0.15, -0.1) is 0 Å². The fourth-order valence-corrected chi connectivity index (χ4v) is 9.26. The first-order valence-corrected chi connectivity index (χ1v) is 16.5. The van der Waals surface area contributed by atoms with Crippen LogP contribution < -0.4 is 15.4 Å². The van der Waals surface area contributed by atoms with E-state index in [1.165, 1.54) is 6.42 Å². The molecule has 0 radical (unpaired) electrons. The molecule has 6 heterocycles. The molecule has 5 aliphatic heterocycles. The lowest BCUT2D eigenvalue weighted by Crippen LogP contribution is -2.65. The molecule has 0 unspecified atom stereocenters. The molecule has 4 fully saturated rings. The maximum atomic E-state index is 10.2. The van der Waals surface area contributed by atoms with Crippen LogP contribution in [0.25, 0.3) is 0 Å². The summed E-state index contributed by atoms with van der Waals surface area (Å²) < 4.78 is 25.3. The lowest BCUT2D eigenvalue weighted by molar-refractivity contribution is -0.0876. The zero-order valence-corrected chi connectivity index (χ0v) is 26.1. The highest BCUT2D eigenvalue weighted by molar-refractivity contribution is 5.64. The van der Waals surface area contributed by atoms with Crippen LogP contribution in [-0.2, 0) is 32.8 Å². The van der Waals surface area contributed by atoms with E-state index in [2.05, 4.69) is 28.9 Å². The molecule has 6 aliphatic rings. The first-order chi connectivity index (χ1) is 21.4. The standard InChI is InChI=1S/C34H44N6O4/c1-22-7-10-34(29-24(22)5-6-27(36)25(29)17-35)16-28-26(19-44-34)30(40-13-11-32(40)9-4-14-42-20-32)38-31(37-28)43-21-33-8-3-12-39(33)18-23(15-33)41-2/h5-6,22-23H,3-4,7-16,18-21,36H2,1-2H3/t22-,23+,32+,33-,34-/m0/s1. The summed E-state index contributed by atoms with van der Waals surface area (Å²) in [6.07, 6.45) is 9.08. The Hall–Kier alpha value is -2.97. The van der Waals surface area contributed by atoms with Crippen LogP contribution >= 0.6 is 0 Å². The zero-order chi connectivity index (χ0) is 30.1. The number of ether oxygens (including phenoxy) is 4. The second kappa shape index (κ2) is 10.5.